The molecular formula is C27H31ClN4O6. The first-order chi connectivity index (χ1) is 18.2. The average molecular weight is 543 g/mol. The summed E-state index contributed by atoms with van der Waals surface area (Å²) >= 11 is 7.13. The summed E-state index contributed by atoms with van der Waals surface area (Å²) in [5.41, 5.74) is 2.09. The highest BCUT2D eigenvalue weighted by Crippen LogP contribution is 2.44. The minimum atomic E-state index is -0.744. The maximum Gasteiger partial charge on any atom is 0.343 e. The summed E-state index contributed by atoms with van der Waals surface area (Å²) in [6.07, 6.45) is 0.864. The Balaban J connectivity index is 1.84. The van der Waals surface area contributed by atoms with Gasteiger partial charge in [0.1, 0.15) is 18.1 Å². The van der Waals surface area contributed by atoms with Gasteiger partial charge in [-0.1, -0.05) is 11.6 Å². The monoisotopic (exact) mass is 542 g/mol. The summed E-state index contributed by atoms with van der Waals surface area (Å²) in [4.78, 5) is 25.7. The van der Waals surface area contributed by atoms with Crippen LogP contribution >= 0.6 is 11.6 Å². The molecule has 0 aliphatic carbocycles. The first-order valence-electron chi connectivity index (χ1n) is 12.1. The molecule has 2 heterocycles. The summed E-state index contributed by atoms with van der Waals surface area (Å²) in [7, 11) is 4.49. The normalized spacial score (nSPS) is 14.6. The first-order valence-corrected chi connectivity index (χ1v) is 12.5. The summed E-state index contributed by atoms with van der Waals surface area (Å²) < 4.78 is 17.9. The van der Waals surface area contributed by atoms with Gasteiger partial charge >= 0.3 is 12.0 Å². The molecule has 1 saturated heterocycles. The van der Waals surface area contributed by atoms with E-state index in [0.29, 0.717) is 58.9 Å². The maximum atomic E-state index is 12.4. The Bertz CT molecular complexity index is 1280. The second kappa shape index (κ2) is 11.3. The first kappa shape index (κ1) is 27.3. The molecule has 1 aliphatic rings. The number of hydrogen-bond donors (Lipinski definition) is 1. The number of rotatable bonds is 7. The third-order valence-electron chi connectivity index (χ3n) is 6.83. The number of piperidine rings is 1. The number of esters is 1. The number of nitrogens with zero attached hydrogens (tertiary/aromatic N) is 4. The zero-order valence-electron chi connectivity index (χ0n) is 21.8. The number of methoxy groups -OCH3 is 2. The fourth-order valence-corrected chi connectivity index (χ4v) is 5.09. The number of hydroxylamine groups is 2. The van der Waals surface area contributed by atoms with E-state index in [4.69, 9.17) is 30.9 Å². The molecule has 0 bridgehead atoms. The summed E-state index contributed by atoms with van der Waals surface area (Å²) in [5, 5.41) is 15.6. The van der Waals surface area contributed by atoms with Crippen molar-refractivity contribution in [2.45, 2.75) is 25.2 Å². The molecule has 11 heteroatoms. The molecule has 1 fully saturated rings. The van der Waals surface area contributed by atoms with Gasteiger partial charge in [-0.3, -0.25) is 10.0 Å². The molecule has 4 rings (SSSR count). The molecule has 0 radical (unpaired) electrons. The highest BCUT2D eigenvalue weighted by molar-refractivity contribution is 6.34. The molecule has 3 aromatic rings. The fourth-order valence-electron chi connectivity index (χ4n) is 4.67. The van der Waals surface area contributed by atoms with Gasteiger partial charge < -0.3 is 19.1 Å². The van der Waals surface area contributed by atoms with E-state index in [1.807, 2.05) is 48.5 Å². The number of carbonyl (C=O) groups excluding carboxylic acids is 2. The van der Waals surface area contributed by atoms with Crippen LogP contribution in [0.25, 0.3) is 16.9 Å². The molecule has 2 amide bonds. The second-order valence-electron chi connectivity index (χ2n) is 9.20. The van der Waals surface area contributed by atoms with Crippen LogP contribution in [0.15, 0.2) is 48.5 Å². The van der Waals surface area contributed by atoms with Crippen molar-refractivity contribution in [3.63, 3.8) is 0 Å². The van der Waals surface area contributed by atoms with Crippen LogP contribution in [0.2, 0.25) is 5.02 Å². The molecule has 0 saturated carbocycles. The SMILES string of the molecule is COc1ccc(-c2c(Cl)c(C3(COC(C)=O)CCN(C(=O)N(C)O)CC3)nn2-c2ccc(OC)cc2)cc1. The van der Waals surface area contributed by atoms with Crippen LogP contribution in [0.3, 0.4) is 0 Å². The molecule has 0 unspecified atom stereocenters. The van der Waals surface area contributed by atoms with Gasteiger partial charge in [-0.25, -0.2) is 14.5 Å². The number of aromatic nitrogens is 2. The van der Waals surface area contributed by atoms with Crippen molar-refractivity contribution in [1.82, 2.24) is 19.7 Å². The predicted molar refractivity (Wildman–Crippen MR) is 141 cm³/mol. The Morgan fingerprint density at radius 3 is 2.08 bits per heavy atom. The highest BCUT2D eigenvalue weighted by Gasteiger charge is 2.43. The zero-order valence-corrected chi connectivity index (χ0v) is 22.6. The van der Waals surface area contributed by atoms with E-state index in [2.05, 4.69) is 0 Å². The average Bonchev–Trinajstić information content (AvgIpc) is 3.29. The summed E-state index contributed by atoms with van der Waals surface area (Å²) in [6.45, 7) is 2.07. The van der Waals surface area contributed by atoms with Gasteiger partial charge in [0.25, 0.3) is 0 Å². The van der Waals surface area contributed by atoms with Crippen LogP contribution in [0.1, 0.15) is 25.5 Å². The van der Waals surface area contributed by atoms with E-state index < -0.39 is 17.4 Å². The van der Waals surface area contributed by atoms with Crippen LogP contribution in [0.4, 0.5) is 4.79 Å². The van der Waals surface area contributed by atoms with E-state index in [1.54, 1.807) is 23.8 Å². The lowest BCUT2D eigenvalue weighted by molar-refractivity contribution is -0.143. The number of carbonyl (C=O) groups is 2. The van der Waals surface area contributed by atoms with Crippen molar-refractivity contribution in [1.29, 1.82) is 0 Å². The van der Waals surface area contributed by atoms with Gasteiger partial charge in [-0.15, -0.1) is 0 Å². The fraction of sp³-hybridized carbons (Fsp3) is 0.370. The van der Waals surface area contributed by atoms with Crippen LogP contribution in [-0.2, 0) is 14.9 Å². The zero-order chi connectivity index (χ0) is 27.4. The molecule has 38 heavy (non-hydrogen) atoms. The summed E-state index contributed by atoms with van der Waals surface area (Å²) in [6, 6.07) is 14.5. The lowest BCUT2D eigenvalue weighted by Crippen LogP contribution is -2.50. The number of urea groups is 1. The number of hydrogen-bond acceptors (Lipinski definition) is 7. The summed E-state index contributed by atoms with van der Waals surface area (Å²) in [5.74, 6) is 0.993. The molecule has 1 aliphatic heterocycles. The minimum Gasteiger partial charge on any atom is -0.497 e. The Morgan fingerprint density at radius 2 is 1.58 bits per heavy atom. The maximum absolute atomic E-state index is 12.4. The Hall–Kier alpha value is -3.76. The van der Waals surface area contributed by atoms with Gasteiger partial charge in [-0.2, -0.15) is 5.10 Å². The lowest BCUT2D eigenvalue weighted by atomic mass is 9.76. The number of ether oxygens (including phenoxy) is 3. The molecular weight excluding hydrogens is 512 g/mol. The predicted octanol–water partition coefficient (Wildman–Crippen LogP) is 4.55. The van der Waals surface area contributed by atoms with Crippen LogP contribution in [0, 0.1) is 0 Å². The third-order valence-corrected chi connectivity index (χ3v) is 7.19. The van der Waals surface area contributed by atoms with Crippen molar-refractivity contribution in [2.24, 2.45) is 0 Å². The molecule has 0 atom stereocenters. The largest absolute Gasteiger partial charge is 0.497 e. The van der Waals surface area contributed by atoms with Gasteiger partial charge in [-0.05, 0) is 61.4 Å². The van der Waals surface area contributed by atoms with E-state index in [0.717, 1.165) is 11.3 Å². The Labute approximate surface area is 226 Å². The van der Waals surface area contributed by atoms with Crippen LogP contribution in [-0.4, -0.2) is 77.9 Å². The second-order valence-corrected chi connectivity index (χ2v) is 9.58. The van der Waals surface area contributed by atoms with Crippen molar-refractivity contribution < 1.29 is 29.0 Å². The number of benzene rings is 2. The topological polar surface area (TPSA) is 106 Å². The molecule has 0 spiro atoms. The van der Waals surface area contributed by atoms with Crippen molar-refractivity contribution in [2.75, 3.05) is 41.0 Å². The number of likely N-dealkylation sites (tertiary alicyclic amines) is 1. The lowest BCUT2D eigenvalue weighted by Gasteiger charge is -2.40. The van der Waals surface area contributed by atoms with E-state index >= 15 is 0 Å². The third kappa shape index (κ3) is 5.41. The van der Waals surface area contributed by atoms with Gasteiger partial charge in [0.05, 0.1) is 41.7 Å². The van der Waals surface area contributed by atoms with Gasteiger partial charge in [0.15, 0.2) is 0 Å². The van der Waals surface area contributed by atoms with Crippen LogP contribution < -0.4 is 9.47 Å². The van der Waals surface area contributed by atoms with E-state index in [9.17, 15) is 14.8 Å². The van der Waals surface area contributed by atoms with Gasteiger partial charge in [0.2, 0.25) is 0 Å². The van der Waals surface area contributed by atoms with Gasteiger partial charge in [0, 0.05) is 32.6 Å². The highest BCUT2D eigenvalue weighted by atomic mass is 35.5. The quantitative estimate of drug-likeness (QED) is 0.265. The molecule has 2 aromatic carbocycles. The number of halogens is 1. The van der Waals surface area contributed by atoms with Crippen molar-refractivity contribution in [3.8, 4) is 28.4 Å². The molecule has 1 aromatic heterocycles. The van der Waals surface area contributed by atoms with E-state index in [-0.39, 0.29) is 6.61 Å². The minimum absolute atomic E-state index is 0.0563. The van der Waals surface area contributed by atoms with Crippen molar-refractivity contribution >= 4 is 23.6 Å². The molecule has 10 nitrogen and oxygen atoms in total. The van der Waals surface area contributed by atoms with Crippen molar-refractivity contribution in [3.05, 3.63) is 59.2 Å². The Morgan fingerprint density at radius 1 is 1.03 bits per heavy atom. The molecule has 1 N–H and O–H groups in total. The Kier molecular flexibility index (Phi) is 8.13. The standard InChI is InChI=1S/C27H31ClN4O6/c1-18(33)38-17-27(13-15-31(16-14-27)26(34)30(2)35)25-23(28)24(19-5-9-21(36-3)10-6-19)32(29-25)20-7-11-22(37-4)12-8-20/h5-12,35H,13-17H2,1-4H3. The molecule has 202 valence electrons. The smallest absolute Gasteiger partial charge is 0.343 e. The van der Waals surface area contributed by atoms with Crippen LogP contribution in [0.5, 0.6) is 11.5 Å². The van der Waals surface area contributed by atoms with E-state index in [1.165, 1.54) is 14.0 Å². The number of amides is 2.